The molecule has 3 unspecified atom stereocenters. The number of nitrogens with one attached hydrogen (secondary N) is 2. The molecule has 0 radical (unpaired) electrons. The number of amides is 1. The minimum atomic E-state index is -1.07. The van der Waals surface area contributed by atoms with Crippen molar-refractivity contribution in [3.63, 3.8) is 0 Å². The summed E-state index contributed by atoms with van der Waals surface area (Å²) in [5, 5.41) is 24.0. The maximum Gasteiger partial charge on any atom is 0.327 e. The van der Waals surface area contributed by atoms with Crippen molar-refractivity contribution < 1.29 is 19.8 Å². The molecule has 0 aromatic heterocycles. The Balaban J connectivity index is 2.39. The molecule has 0 spiro atoms. The van der Waals surface area contributed by atoms with E-state index in [-0.39, 0.29) is 18.5 Å². The molecule has 6 nitrogen and oxygen atoms in total. The van der Waals surface area contributed by atoms with Crippen LogP contribution in [0.5, 0.6) is 0 Å². The second-order valence-electron chi connectivity index (χ2n) is 4.46. The molecule has 0 bridgehead atoms. The van der Waals surface area contributed by atoms with Gasteiger partial charge in [-0.3, -0.25) is 4.79 Å². The fraction of sp³-hybridized carbons (Fsp3) is 0.818. The molecule has 3 atom stereocenters. The van der Waals surface area contributed by atoms with Crippen LogP contribution in [0.4, 0.5) is 0 Å². The third-order valence-corrected chi connectivity index (χ3v) is 2.99. The van der Waals surface area contributed by atoms with Gasteiger partial charge in [-0.15, -0.1) is 0 Å². The molecule has 98 valence electrons. The van der Waals surface area contributed by atoms with Crippen LogP contribution in [0.3, 0.4) is 0 Å². The Kier molecular flexibility index (Phi) is 5.37. The highest BCUT2D eigenvalue weighted by atomic mass is 16.4. The normalized spacial score (nSPS) is 26.2. The summed E-state index contributed by atoms with van der Waals surface area (Å²) >= 11 is 0. The number of carboxylic acids is 1. The second-order valence-corrected chi connectivity index (χ2v) is 4.46. The van der Waals surface area contributed by atoms with E-state index in [4.69, 9.17) is 5.11 Å². The first-order valence-corrected chi connectivity index (χ1v) is 5.92. The molecule has 0 aromatic carbocycles. The van der Waals surface area contributed by atoms with Crippen LogP contribution in [0.15, 0.2) is 0 Å². The number of carbonyl (C=O) groups is 2. The SMILES string of the molecule is CC(=O)NC(CNC1CCCCC1O)C(=O)O. The van der Waals surface area contributed by atoms with E-state index in [0.29, 0.717) is 0 Å². The van der Waals surface area contributed by atoms with Gasteiger partial charge in [-0.25, -0.2) is 4.79 Å². The number of hydrogen-bond acceptors (Lipinski definition) is 4. The quantitative estimate of drug-likeness (QED) is 0.521. The van der Waals surface area contributed by atoms with E-state index in [1.165, 1.54) is 6.92 Å². The largest absolute Gasteiger partial charge is 0.480 e. The summed E-state index contributed by atoms with van der Waals surface area (Å²) in [6.07, 6.45) is 3.21. The third kappa shape index (κ3) is 4.70. The van der Waals surface area contributed by atoms with Crippen LogP contribution < -0.4 is 10.6 Å². The fourth-order valence-electron chi connectivity index (χ4n) is 2.06. The molecule has 1 aliphatic carbocycles. The zero-order valence-electron chi connectivity index (χ0n) is 9.98. The number of carboxylic acid groups (broad SMARTS) is 1. The van der Waals surface area contributed by atoms with E-state index < -0.39 is 18.1 Å². The molecule has 6 heteroatoms. The lowest BCUT2D eigenvalue weighted by Crippen LogP contribution is -2.51. The first kappa shape index (κ1) is 13.9. The minimum absolute atomic E-state index is 0.0700. The summed E-state index contributed by atoms with van der Waals surface area (Å²) < 4.78 is 0. The Morgan fingerprint density at radius 1 is 1.35 bits per heavy atom. The van der Waals surface area contributed by atoms with Gasteiger partial charge in [0.2, 0.25) is 5.91 Å². The predicted octanol–water partition coefficient (Wildman–Crippen LogP) is -0.531. The molecule has 0 aliphatic heterocycles. The summed E-state index contributed by atoms with van der Waals surface area (Å²) in [6, 6.07) is -1.01. The highest BCUT2D eigenvalue weighted by Gasteiger charge is 2.25. The van der Waals surface area contributed by atoms with Gasteiger partial charge in [-0.2, -0.15) is 0 Å². The van der Waals surface area contributed by atoms with E-state index in [0.717, 1.165) is 25.7 Å². The molecular formula is C11H20N2O4. The summed E-state index contributed by atoms with van der Waals surface area (Å²) in [5.74, 6) is -1.44. The number of aliphatic carboxylic acids is 1. The summed E-state index contributed by atoms with van der Waals surface area (Å²) in [4.78, 5) is 21.7. The van der Waals surface area contributed by atoms with Crippen molar-refractivity contribution in [2.75, 3.05) is 6.54 Å². The standard InChI is InChI=1S/C11H20N2O4/c1-7(14)13-9(11(16)17)6-12-8-4-2-3-5-10(8)15/h8-10,12,15H,2-6H2,1H3,(H,13,14)(H,16,17). The summed E-state index contributed by atoms with van der Waals surface area (Å²) in [7, 11) is 0. The van der Waals surface area contributed by atoms with Gasteiger partial charge in [-0.05, 0) is 12.8 Å². The first-order chi connectivity index (χ1) is 8.00. The van der Waals surface area contributed by atoms with E-state index in [2.05, 4.69) is 10.6 Å². The zero-order valence-corrected chi connectivity index (χ0v) is 9.98. The lowest BCUT2D eigenvalue weighted by Gasteiger charge is -2.29. The lowest BCUT2D eigenvalue weighted by molar-refractivity contribution is -0.141. The Labute approximate surface area is 100 Å². The van der Waals surface area contributed by atoms with Crippen molar-refractivity contribution in [2.24, 2.45) is 0 Å². The maximum atomic E-state index is 10.9. The minimum Gasteiger partial charge on any atom is -0.480 e. The van der Waals surface area contributed by atoms with Gasteiger partial charge in [-0.1, -0.05) is 12.8 Å². The van der Waals surface area contributed by atoms with Crippen LogP contribution in [0.25, 0.3) is 0 Å². The third-order valence-electron chi connectivity index (χ3n) is 2.99. The molecular weight excluding hydrogens is 224 g/mol. The van der Waals surface area contributed by atoms with Crippen molar-refractivity contribution in [1.82, 2.24) is 10.6 Å². The molecule has 1 amide bonds. The van der Waals surface area contributed by atoms with Crippen LogP contribution in [0, 0.1) is 0 Å². The smallest absolute Gasteiger partial charge is 0.327 e. The van der Waals surface area contributed by atoms with E-state index >= 15 is 0 Å². The lowest BCUT2D eigenvalue weighted by atomic mass is 9.92. The first-order valence-electron chi connectivity index (χ1n) is 5.92. The van der Waals surface area contributed by atoms with Crippen molar-refractivity contribution in [2.45, 2.75) is 50.8 Å². The number of aliphatic hydroxyl groups is 1. The Hall–Kier alpha value is -1.14. The molecule has 1 fully saturated rings. The van der Waals surface area contributed by atoms with Crippen LogP contribution >= 0.6 is 0 Å². The molecule has 17 heavy (non-hydrogen) atoms. The van der Waals surface area contributed by atoms with Gasteiger partial charge in [0, 0.05) is 19.5 Å². The summed E-state index contributed by atoms with van der Waals surface area (Å²) in [6.45, 7) is 1.42. The molecule has 1 rings (SSSR count). The van der Waals surface area contributed by atoms with E-state index in [1.807, 2.05) is 0 Å². The van der Waals surface area contributed by atoms with Crippen molar-refractivity contribution in [1.29, 1.82) is 0 Å². The van der Waals surface area contributed by atoms with Gasteiger partial charge in [0.05, 0.1) is 6.10 Å². The predicted molar refractivity (Wildman–Crippen MR) is 61.5 cm³/mol. The molecule has 1 saturated carbocycles. The summed E-state index contributed by atoms with van der Waals surface area (Å²) in [5.41, 5.74) is 0. The second kappa shape index (κ2) is 6.56. The van der Waals surface area contributed by atoms with E-state index in [1.54, 1.807) is 0 Å². The van der Waals surface area contributed by atoms with Gasteiger partial charge in [0.25, 0.3) is 0 Å². The Morgan fingerprint density at radius 2 is 2.00 bits per heavy atom. The van der Waals surface area contributed by atoms with Gasteiger partial charge < -0.3 is 20.8 Å². The van der Waals surface area contributed by atoms with Crippen LogP contribution in [-0.2, 0) is 9.59 Å². The average Bonchev–Trinajstić information content (AvgIpc) is 2.25. The monoisotopic (exact) mass is 244 g/mol. The van der Waals surface area contributed by atoms with Crippen LogP contribution in [-0.4, -0.2) is 46.8 Å². The average molecular weight is 244 g/mol. The van der Waals surface area contributed by atoms with Gasteiger partial charge in [0.1, 0.15) is 6.04 Å². The number of rotatable bonds is 5. The van der Waals surface area contributed by atoms with Gasteiger partial charge in [0.15, 0.2) is 0 Å². The molecule has 4 N–H and O–H groups in total. The Morgan fingerprint density at radius 3 is 2.53 bits per heavy atom. The molecule has 0 heterocycles. The van der Waals surface area contributed by atoms with Gasteiger partial charge >= 0.3 is 5.97 Å². The highest BCUT2D eigenvalue weighted by Crippen LogP contribution is 2.18. The molecule has 0 saturated heterocycles. The number of aliphatic hydroxyl groups excluding tert-OH is 1. The van der Waals surface area contributed by atoms with Crippen LogP contribution in [0.2, 0.25) is 0 Å². The molecule has 1 aliphatic rings. The Bertz CT molecular complexity index is 283. The zero-order chi connectivity index (χ0) is 12.8. The highest BCUT2D eigenvalue weighted by molar-refractivity contribution is 5.82. The topological polar surface area (TPSA) is 98.7 Å². The number of hydrogen-bond donors (Lipinski definition) is 4. The maximum absolute atomic E-state index is 10.9. The van der Waals surface area contributed by atoms with Crippen molar-refractivity contribution >= 4 is 11.9 Å². The van der Waals surface area contributed by atoms with Crippen molar-refractivity contribution in [3.05, 3.63) is 0 Å². The fourth-order valence-corrected chi connectivity index (χ4v) is 2.06. The molecule has 0 aromatic rings. The number of carbonyl (C=O) groups excluding carboxylic acids is 1. The van der Waals surface area contributed by atoms with Crippen LogP contribution in [0.1, 0.15) is 32.6 Å². The van der Waals surface area contributed by atoms with E-state index in [9.17, 15) is 14.7 Å². The van der Waals surface area contributed by atoms with Crippen molar-refractivity contribution in [3.8, 4) is 0 Å².